The topological polar surface area (TPSA) is 24.9 Å². The summed E-state index contributed by atoms with van der Waals surface area (Å²) in [7, 11) is 0. The van der Waals surface area contributed by atoms with E-state index in [9.17, 15) is 0 Å². The molecule has 2 nitrogen and oxygen atoms in total. The van der Waals surface area contributed by atoms with Gasteiger partial charge < -0.3 is 5.32 Å². The maximum absolute atomic E-state index is 4.39. The molecule has 0 amide bonds. The summed E-state index contributed by atoms with van der Waals surface area (Å²) in [5, 5.41) is 6.80. The highest BCUT2D eigenvalue weighted by Crippen LogP contribution is 2.25. The Balaban J connectivity index is 1.91. The molecule has 0 saturated carbocycles. The van der Waals surface area contributed by atoms with E-state index in [0.29, 0.717) is 0 Å². The summed E-state index contributed by atoms with van der Waals surface area (Å²) < 4.78 is 1.31. The molecule has 0 atom stereocenters. The quantitative estimate of drug-likeness (QED) is 0.754. The second-order valence-corrected chi connectivity index (χ2v) is 4.93. The van der Waals surface area contributed by atoms with Crippen LogP contribution in [0.3, 0.4) is 0 Å². The zero-order valence-electron chi connectivity index (χ0n) is 9.70. The Morgan fingerprint density at radius 2 is 2.19 bits per heavy atom. The lowest BCUT2D eigenvalue weighted by Crippen LogP contribution is -2.03. The molecule has 0 aliphatic carbocycles. The van der Waals surface area contributed by atoms with E-state index in [-0.39, 0.29) is 0 Å². The van der Waals surface area contributed by atoms with E-state index in [4.69, 9.17) is 0 Å². The third-order valence-corrected chi connectivity index (χ3v) is 3.58. The van der Waals surface area contributed by atoms with Crippen LogP contribution in [0.5, 0.6) is 0 Å². The van der Waals surface area contributed by atoms with Gasteiger partial charge >= 0.3 is 0 Å². The Hall–Kier alpha value is -1.09. The van der Waals surface area contributed by atoms with Crippen molar-refractivity contribution >= 4 is 27.2 Å². The van der Waals surface area contributed by atoms with E-state index in [1.807, 2.05) is 6.20 Å². The van der Waals surface area contributed by atoms with E-state index < -0.39 is 0 Å². The van der Waals surface area contributed by atoms with Crippen LogP contribution in [0.1, 0.15) is 32.6 Å². The van der Waals surface area contributed by atoms with Crippen molar-refractivity contribution in [3.8, 4) is 0 Å². The molecule has 0 unspecified atom stereocenters. The molecule has 0 bridgehead atoms. The van der Waals surface area contributed by atoms with Crippen molar-refractivity contribution in [3.05, 3.63) is 23.7 Å². The Morgan fingerprint density at radius 1 is 1.25 bits per heavy atom. The summed E-state index contributed by atoms with van der Waals surface area (Å²) >= 11 is 1.77. The number of aromatic nitrogens is 1. The first-order valence-corrected chi connectivity index (χ1v) is 6.86. The number of pyridine rings is 1. The zero-order valence-corrected chi connectivity index (χ0v) is 10.5. The monoisotopic (exact) mass is 234 g/mol. The van der Waals surface area contributed by atoms with Gasteiger partial charge in [0.15, 0.2) is 0 Å². The van der Waals surface area contributed by atoms with Gasteiger partial charge in [0, 0.05) is 22.8 Å². The third-order valence-electron chi connectivity index (χ3n) is 2.70. The van der Waals surface area contributed by atoms with Gasteiger partial charge in [-0.3, -0.25) is 0 Å². The highest BCUT2D eigenvalue weighted by molar-refractivity contribution is 7.17. The van der Waals surface area contributed by atoms with E-state index in [0.717, 1.165) is 12.4 Å². The molecule has 0 saturated heterocycles. The lowest BCUT2D eigenvalue weighted by atomic mass is 10.2. The van der Waals surface area contributed by atoms with Gasteiger partial charge in [0.05, 0.1) is 0 Å². The van der Waals surface area contributed by atoms with Gasteiger partial charge in [-0.2, -0.15) is 0 Å². The molecule has 0 aliphatic heterocycles. The number of nitrogens with zero attached hydrogens (tertiary/aromatic N) is 1. The molecule has 0 spiro atoms. The van der Waals surface area contributed by atoms with Crippen molar-refractivity contribution in [2.24, 2.45) is 0 Å². The van der Waals surface area contributed by atoms with E-state index in [1.165, 1.54) is 35.8 Å². The fraction of sp³-hybridized carbons (Fsp3) is 0.462. The molecule has 2 heterocycles. The van der Waals surface area contributed by atoms with Crippen LogP contribution in [0.4, 0.5) is 5.82 Å². The summed E-state index contributed by atoms with van der Waals surface area (Å²) in [5.41, 5.74) is 0. The second-order valence-electron chi connectivity index (χ2n) is 3.98. The number of thiophene rings is 1. The minimum atomic E-state index is 1.03. The molecule has 2 aromatic rings. The first-order chi connectivity index (χ1) is 7.92. The normalized spacial score (nSPS) is 10.8. The number of nitrogens with one attached hydrogen (secondary N) is 1. The predicted octanol–water partition coefficient (Wildman–Crippen LogP) is 4.29. The molecule has 2 rings (SSSR count). The molecule has 0 aliphatic rings. The number of rotatable bonds is 6. The maximum atomic E-state index is 4.39. The predicted molar refractivity (Wildman–Crippen MR) is 72.3 cm³/mol. The zero-order chi connectivity index (χ0) is 11.2. The first-order valence-electron chi connectivity index (χ1n) is 5.98. The van der Waals surface area contributed by atoms with Crippen LogP contribution in [-0.4, -0.2) is 11.5 Å². The van der Waals surface area contributed by atoms with Crippen molar-refractivity contribution < 1.29 is 0 Å². The van der Waals surface area contributed by atoms with Crippen LogP contribution >= 0.6 is 11.3 Å². The van der Waals surface area contributed by atoms with E-state index in [2.05, 4.69) is 34.7 Å². The van der Waals surface area contributed by atoms with E-state index in [1.54, 1.807) is 11.3 Å². The van der Waals surface area contributed by atoms with Gasteiger partial charge in [0.2, 0.25) is 0 Å². The van der Waals surface area contributed by atoms with Crippen molar-refractivity contribution in [2.75, 3.05) is 11.9 Å². The lowest BCUT2D eigenvalue weighted by Gasteiger charge is -2.06. The molecular formula is C13H18N2S. The van der Waals surface area contributed by atoms with Crippen LogP contribution in [0.25, 0.3) is 10.1 Å². The van der Waals surface area contributed by atoms with Gasteiger partial charge in [0.25, 0.3) is 0 Å². The average Bonchev–Trinajstić information content (AvgIpc) is 2.77. The fourth-order valence-corrected chi connectivity index (χ4v) is 2.58. The Labute approximate surface area is 101 Å². The van der Waals surface area contributed by atoms with E-state index >= 15 is 0 Å². The summed E-state index contributed by atoms with van der Waals surface area (Å²) in [6.07, 6.45) is 7.04. The molecule has 86 valence electrons. The Morgan fingerprint density at radius 3 is 3.06 bits per heavy atom. The number of hydrogen-bond acceptors (Lipinski definition) is 3. The number of anilines is 1. The summed E-state index contributed by atoms with van der Waals surface area (Å²) in [4.78, 5) is 4.39. The van der Waals surface area contributed by atoms with Crippen molar-refractivity contribution in [3.63, 3.8) is 0 Å². The maximum Gasteiger partial charge on any atom is 0.134 e. The highest BCUT2D eigenvalue weighted by atomic mass is 32.1. The van der Waals surface area contributed by atoms with Crippen molar-refractivity contribution in [2.45, 2.75) is 32.6 Å². The molecule has 16 heavy (non-hydrogen) atoms. The number of hydrogen-bond donors (Lipinski definition) is 1. The molecule has 0 aromatic carbocycles. The summed E-state index contributed by atoms with van der Waals surface area (Å²) in [6, 6.07) is 4.21. The SMILES string of the molecule is CCCCCCNc1nccc2sccc12. The minimum absolute atomic E-state index is 1.03. The summed E-state index contributed by atoms with van der Waals surface area (Å²) in [6.45, 7) is 3.27. The van der Waals surface area contributed by atoms with Crippen molar-refractivity contribution in [1.82, 2.24) is 4.98 Å². The van der Waals surface area contributed by atoms with Crippen LogP contribution in [0, 0.1) is 0 Å². The minimum Gasteiger partial charge on any atom is -0.370 e. The fourth-order valence-electron chi connectivity index (χ4n) is 1.79. The van der Waals surface area contributed by atoms with Gasteiger partial charge in [-0.05, 0) is 23.9 Å². The molecule has 2 aromatic heterocycles. The van der Waals surface area contributed by atoms with Gasteiger partial charge in [-0.15, -0.1) is 11.3 Å². The van der Waals surface area contributed by atoms with Gasteiger partial charge in [-0.25, -0.2) is 4.98 Å². The van der Waals surface area contributed by atoms with Crippen LogP contribution in [0.15, 0.2) is 23.7 Å². The van der Waals surface area contributed by atoms with Crippen LogP contribution in [0.2, 0.25) is 0 Å². The average molecular weight is 234 g/mol. The highest BCUT2D eigenvalue weighted by Gasteiger charge is 2.01. The molecular weight excluding hydrogens is 216 g/mol. The van der Waals surface area contributed by atoms with Gasteiger partial charge in [-0.1, -0.05) is 26.2 Å². The Kier molecular flexibility index (Phi) is 4.17. The molecule has 0 fully saturated rings. The smallest absolute Gasteiger partial charge is 0.134 e. The van der Waals surface area contributed by atoms with Crippen LogP contribution < -0.4 is 5.32 Å². The summed E-state index contributed by atoms with van der Waals surface area (Å²) in [5.74, 6) is 1.04. The lowest BCUT2D eigenvalue weighted by molar-refractivity contribution is 0.684. The number of fused-ring (bicyclic) bond motifs is 1. The van der Waals surface area contributed by atoms with Crippen LogP contribution in [-0.2, 0) is 0 Å². The first kappa shape index (κ1) is 11.4. The molecule has 1 N–H and O–H groups in total. The number of unbranched alkanes of at least 4 members (excludes halogenated alkanes) is 3. The molecule has 0 radical (unpaired) electrons. The standard InChI is InChI=1S/C13H18N2S/c1-2-3-4-5-8-14-13-11-7-10-16-12(11)6-9-15-13/h6-7,9-10H,2-5,8H2,1H3,(H,14,15). The third kappa shape index (κ3) is 2.73. The Bertz CT molecular complexity index is 436. The van der Waals surface area contributed by atoms with Crippen molar-refractivity contribution in [1.29, 1.82) is 0 Å². The second kappa shape index (κ2) is 5.85. The van der Waals surface area contributed by atoms with Gasteiger partial charge in [0.1, 0.15) is 5.82 Å². The molecule has 3 heteroatoms. The largest absolute Gasteiger partial charge is 0.370 e.